The number of carboxylic acid groups (broad SMARTS) is 1. The molecule has 0 aromatic rings. The molecule has 0 aliphatic heterocycles. The zero-order chi connectivity index (χ0) is 9.89. The highest BCUT2D eigenvalue weighted by Gasteiger charge is 2.37. The van der Waals surface area contributed by atoms with Crippen LogP contribution in [0.2, 0.25) is 0 Å². The Kier molecular flexibility index (Phi) is 4.06. The largest absolute Gasteiger partial charge is 0.481 e. The first-order valence-electron chi connectivity index (χ1n) is 3.53. The van der Waals surface area contributed by atoms with Crippen LogP contribution in [-0.2, 0) is 4.79 Å². The molecule has 0 spiro atoms. The van der Waals surface area contributed by atoms with Gasteiger partial charge in [-0.25, -0.2) is 13.2 Å². The number of hydrogen-bond donors (Lipinski definition) is 1. The monoisotopic (exact) mass is 184 g/mol. The molecule has 0 aliphatic carbocycles. The Morgan fingerprint density at radius 3 is 1.75 bits per heavy atom. The van der Waals surface area contributed by atoms with Crippen molar-refractivity contribution in [1.29, 1.82) is 0 Å². The zero-order valence-electron chi connectivity index (χ0n) is 6.80. The van der Waals surface area contributed by atoms with Crippen molar-refractivity contribution in [1.82, 2.24) is 0 Å². The Morgan fingerprint density at radius 2 is 1.67 bits per heavy atom. The molecule has 12 heavy (non-hydrogen) atoms. The summed E-state index contributed by atoms with van der Waals surface area (Å²) in [4.78, 5) is 10.3. The van der Waals surface area contributed by atoms with Gasteiger partial charge < -0.3 is 5.11 Å². The summed E-state index contributed by atoms with van der Waals surface area (Å²) >= 11 is 0. The Hall–Kier alpha value is -0.740. The minimum absolute atomic E-state index is 0.633. The molecule has 0 rings (SSSR count). The first kappa shape index (κ1) is 11.3. The first-order chi connectivity index (χ1) is 5.37. The molecule has 0 radical (unpaired) electrons. The SMILES string of the molecule is CC(C)C(C(=O)O)C(F)C(F)F. The van der Waals surface area contributed by atoms with Crippen LogP contribution in [0.25, 0.3) is 0 Å². The number of halogens is 3. The van der Waals surface area contributed by atoms with Crippen molar-refractivity contribution in [3.05, 3.63) is 0 Å². The molecule has 1 N–H and O–H groups in total. The highest BCUT2D eigenvalue weighted by molar-refractivity contribution is 5.71. The summed E-state index contributed by atoms with van der Waals surface area (Å²) in [6.45, 7) is 2.79. The molecule has 0 fully saturated rings. The summed E-state index contributed by atoms with van der Waals surface area (Å²) in [6, 6.07) is 0. The van der Waals surface area contributed by atoms with Crippen molar-refractivity contribution < 1.29 is 23.1 Å². The Morgan fingerprint density at radius 1 is 1.25 bits per heavy atom. The van der Waals surface area contributed by atoms with Crippen LogP contribution in [0, 0.1) is 11.8 Å². The standard InChI is InChI=1S/C7H11F3O2/c1-3(2)4(7(11)12)5(8)6(9)10/h3-6H,1-2H3,(H,11,12). The van der Waals surface area contributed by atoms with Crippen LogP contribution in [0.3, 0.4) is 0 Å². The predicted molar refractivity (Wildman–Crippen MR) is 36.9 cm³/mol. The summed E-state index contributed by atoms with van der Waals surface area (Å²) in [5.41, 5.74) is 0. The number of hydrogen-bond acceptors (Lipinski definition) is 1. The number of rotatable bonds is 4. The van der Waals surface area contributed by atoms with Crippen LogP contribution in [0.1, 0.15) is 13.8 Å². The predicted octanol–water partition coefficient (Wildman–Crippen LogP) is 1.95. The maximum Gasteiger partial charge on any atom is 0.309 e. The number of carboxylic acids is 1. The number of alkyl halides is 3. The van der Waals surface area contributed by atoms with Crippen molar-refractivity contribution in [2.45, 2.75) is 26.4 Å². The molecular formula is C7H11F3O2. The van der Waals surface area contributed by atoms with E-state index in [-0.39, 0.29) is 0 Å². The smallest absolute Gasteiger partial charge is 0.309 e. The van der Waals surface area contributed by atoms with Gasteiger partial charge in [0.25, 0.3) is 6.43 Å². The normalized spacial score (nSPS) is 16.6. The molecule has 2 unspecified atom stereocenters. The fourth-order valence-electron chi connectivity index (χ4n) is 0.946. The Bertz CT molecular complexity index is 159. The highest BCUT2D eigenvalue weighted by Crippen LogP contribution is 2.23. The van der Waals surface area contributed by atoms with Gasteiger partial charge >= 0.3 is 5.97 Å². The Balaban J connectivity index is 4.40. The fraction of sp³-hybridized carbons (Fsp3) is 0.857. The van der Waals surface area contributed by atoms with Crippen molar-refractivity contribution in [3.63, 3.8) is 0 Å². The van der Waals surface area contributed by atoms with Crippen LogP contribution in [0.15, 0.2) is 0 Å². The second-order valence-corrected chi connectivity index (χ2v) is 2.89. The van der Waals surface area contributed by atoms with Crippen LogP contribution in [0.5, 0.6) is 0 Å². The average molecular weight is 184 g/mol. The molecule has 0 aliphatic rings. The van der Waals surface area contributed by atoms with E-state index < -0.39 is 30.4 Å². The Labute approximate surface area is 68.4 Å². The lowest BCUT2D eigenvalue weighted by Crippen LogP contribution is -2.34. The third kappa shape index (κ3) is 2.71. The quantitative estimate of drug-likeness (QED) is 0.724. The van der Waals surface area contributed by atoms with Crippen molar-refractivity contribution in [2.24, 2.45) is 11.8 Å². The third-order valence-electron chi connectivity index (χ3n) is 1.59. The first-order valence-corrected chi connectivity index (χ1v) is 3.53. The molecule has 0 aromatic heterocycles. The van der Waals surface area contributed by atoms with Gasteiger partial charge in [-0.2, -0.15) is 0 Å². The highest BCUT2D eigenvalue weighted by atomic mass is 19.3. The van der Waals surface area contributed by atoms with Crippen LogP contribution < -0.4 is 0 Å². The molecule has 0 saturated heterocycles. The van der Waals surface area contributed by atoms with E-state index in [1.165, 1.54) is 13.8 Å². The average Bonchev–Trinajstić information content (AvgIpc) is 1.85. The summed E-state index contributed by atoms with van der Waals surface area (Å²) in [5.74, 6) is -3.77. The molecule has 72 valence electrons. The minimum atomic E-state index is -3.23. The summed E-state index contributed by atoms with van der Waals surface area (Å²) < 4.78 is 36.1. The topological polar surface area (TPSA) is 37.3 Å². The van der Waals surface area contributed by atoms with E-state index in [4.69, 9.17) is 5.11 Å². The van der Waals surface area contributed by atoms with E-state index in [0.717, 1.165) is 0 Å². The summed E-state index contributed by atoms with van der Waals surface area (Å²) in [5, 5.41) is 8.39. The van der Waals surface area contributed by atoms with E-state index in [9.17, 15) is 18.0 Å². The van der Waals surface area contributed by atoms with E-state index in [0.29, 0.717) is 0 Å². The van der Waals surface area contributed by atoms with Gasteiger partial charge in [-0.3, -0.25) is 4.79 Å². The molecule has 0 amide bonds. The van der Waals surface area contributed by atoms with Crippen molar-refractivity contribution in [2.75, 3.05) is 0 Å². The molecule has 0 bridgehead atoms. The lowest BCUT2D eigenvalue weighted by Gasteiger charge is -2.19. The minimum Gasteiger partial charge on any atom is -0.481 e. The van der Waals surface area contributed by atoms with E-state index in [1.807, 2.05) is 0 Å². The molecule has 2 nitrogen and oxygen atoms in total. The zero-order valence-corrected chi connectivity index (χ0v) is 6.80. The lowest BCUT2D eigenvalue weighted by molar-refractivity contribution is -0.149. The van der Waals surface area contributed by atoms with Crippen molar-refractivity contribution in [3.8, 4) is 0 Å². The number of aliphatic carboxylic acids is 1. The maximum atomic E-state index is 12.6. The lowest BCUT2D eigenvalue weighted by atomic mass is 9.91. The second-order valence-electron chi connectivity index (χ2n) is 2.89. The van der Waals surface area contributed by atoms with Gasteiger partial charge in [0.05, 0.1) is 5.92 Å². The maximum absolute atomic E-state index is 12.6. The van der Waals surface area contributed by atoms with E-state index in [2.05, 4.69) is 0 Å². The van der Waals surface area contributed by atoms with Crippen LogP contribution in [0.4, 0.5) is 13.2 Å². The molecular weight excluding hydrogens is 173 g/mol. The molecule has 0 aromatic carbocycles. The second kappa shape index (κ2) is 4.33. The van der Waals surface area contributed by atoms with Crippen molar-refractivity contribution >= 4 is 5.97 Å². The van der Waals surface area contributed by atoms with Gasteiger partial charge in [-0.15, -0.1) is 0 Å². The van der Waals surface area contributed by atoms with Crippen LogP contribution >= 0.6 is 0 Å². The van der Waals surface area contributed by atoms with Gasteiger partial charge in [0, 0.05) is 0 Å². The van der Waals surface area contributed by atoms with Gasteiger partial charge in [0.15, 0.2) is 6.17 Å². The van der Waals surface area contributed by atoms with E-state index >= 15 is 0 Å². The molecule has 5 heteroatoms. The van der Waals surface area contributed by atoms with Crippen LogP contribution in [-0.4, -0.2) is 23.7 Å². The molecule has 0 saturated carbocycles. The third-order valence-corrected chi connectivity index (χ3v) is 1.59. The molecule has 0 heterocycles. The summed E-state index contributed by atoms with van der Waals surface area (Å²) in [7, 11) is 0. The fourth-order valence-corrected chi connectivity index (χ4v) is 0.946. The number of carbonyl (C=O) groups is 1. The van der Waals surface area contributed by atoms with E-state index in [1.54, 1.807) is 0 Å². The van der Waals surface area contributed by atoms with Gasteiger partial charge in [0.1, 0.15) is 0 Å². The van der Waals surface area contributed by atoms with Gasteiger partial charge in [-0.05, 0) is 5.92 Å². The summed E-state index contributed by atoms with van der Waals surface area (Å²) in [6.07, 6.45) is -5.81. The van der Waals surface area contributed by atoms with Gasteiger partial charge in [-0.1, -0.05) is 13.8 Å². The molecule has 2 atom stereocenters. The van der Waals surface area contributed by atoms with Gasteiger partial charge in [0.2, 0.25) is 0 Å².